The number of carbonyl (C=O) groups is 1. The zero-order chi connectivity index (χ0) is 13.4. The number of likely N-dealkylation sites (tertiary alicyclic amines) is 1. The molecule has 0 aliphatic carbocycles. The van der Waals surface area contributed by atoms with Crippen LogP contribution in [0.25, 0.3) is 0 Å². The number of amides is 1. The molecular weight excluding hydrogens is 236 g/mol. The van der Waals surface area contributed by atoms with Crippen LogP contribution in [0, 0.1) is 5.92 Å². The van der Waals surface area contributed by atoms with Gasteiger partial charge in [0.2, 0.25) is 5.91 Å². The fraction of sp³-hybridized carbons (Fsp3) is 0.562. The van der Waals surface area contributed by atoms with Gasteiger partial charge < -0.3 is 10.2 Å². The Morgan fingerprint density at radius 3 is 2.89 bits per heavy atom. The summed E-state index contributed by atoms with van der Waals surface area (Å²) in [6, 6.07) is 8.57. The van der Waals surface area contributed by atoms with Crippen molar-refractivity contribution in [1.82, 2.24) is 4.90 Å². The fourth-order valence-corrected chi connectivity index (χ4v) is 3.30. The highest BCUT2D eigenvalue weighted by Gasteiger charge is 2.35. The first-order chi connectivity index (χ1) is 9.16. The average Bonchev–Trinajstić information content (AvgIpc) is 2.84. The predicted octanol–water partition coefficient (Wildman–Crippen LogP) is 2.84. The molecule has 102 valence electrons. The summed E-state index contributed by atoms with van der Waals surface area (Å²) in [5.74, 6) is 0.935. The number of fused-ring (bicyclic) bond motifs is 1. The molecule has 1 amide bonds. The number of benzene rings is 1. The number of rotatable bonds is 1. The summed E-state index contributed by atoms with van der Waals surface area (Å²) < 4.78 is 0. The molecule has 0 spiro atoms. The van der Waals surface area contributed by atoms with E-state index in [2.05, 4.69) is 36.2 Å². The SMILES string of the molecule is CC1CCC(C)N(C(=O)C2CNc3ccccc32)C1. The van der Waals surface area contributed by atoms with Crippen LogP contribution in [-0.4, -0.2) is 29.9 Å². The highest BCUT2D eigenvalue weighted by molar-refractivity contribution is 5.88. The molecular formula is C16H22N2O. The van der Waals surface area contributed by atoms with Crippen molar-refractivity contribution in [1.29, 1.82) is 0 Å². The van der Waals surface area contributed by atoms with Gasteiger partial charge in [-0.25, -0.2) is 0 Å². The van der Waals surface area contributed by atoms with E-state index >= 15 is 0 Å². The van der Waals surface area contributed by atoms with Crippen LogP contribution in [0.1, 0.15) is 38.2 Å². The summed E-state index contributed by atoms with van der Waals surface area (Å²) in [5.41, 5.74) is 2.29. The molecule has 1 N–H and O–H groups in total. The summed E-state index contributed by atoms with van der Waals surface area (Å²) in [6.45, 7) is 6.08. The van der Waals surface area contributed by atoms with Crippen molar-refractivity contribution in [2.75, 3.05) is 18.4 Å². The van der Waals surface area contributed by atoms with Crippen LogP contribution < -0.4 is 5.32 Å². The van der Waals surface area contributed by atoms with E-state index in [0.29, 0.717) is 17.9 Å². The molecule has 3 unspecified atom stereocenters. The number of anilines is 1. The molecule has 2 aliphatic rings. The Kier molecular flexibility index (Phi) is 3.21. The number of nitrogens with one attached hydrogen (secondary N) is 1. The summed E-state index contributed by atoms with van der Waals surface area (Å²) in [5, 5.41) is 3.35. The first-order valence-electron chi connectivity index (χ1n) is 7.30. The van der Waals surface area contributed by atoms with Gasteiger partial charge in [-0.05, 0) is 37.3 Å². The Morgan fingerprint density at radius 1 is 1.26 bits per heavy atom. The Morgan fingerprint density at radius 2 is 2.05 bits per heavy atom. The Hall–Kier alpha value is -1.51. The molecule has 19 heavy (non-hydrogen) atoms. The van der Waals surface area contributed by atoms with Crippen LogP contribution in [-0.2, 0) is 4.79 Å². The van der Waals surface area contributed by atoms with Gasteiger partial charge >= 0.3 is 0 Å². The zero-order valence-electron chi connectivity index (χ0n) is 11.7. The number of hydrogen-bond acceptors (Lipinski definition) is 2. The van der Waals surface area contributed by atoms with E-state index in [0.717, 1.165) is 30.8 Å². The molecule has 0 aromatic heterocycles. The lowest BCUT2D eigenvalue weighted by Crippen LogP contribution is -2.47. The molecule has 0 radical (unpaired) electrons. The summed E-state index contributed by atoms with van der Waals surface area (Å²) in [6.07, 6.45) is 2.37. The van der Waals surface area contributed by atoms with Gasteiger partial charge in [0.15, 0.2) is 0 Å². The maximum Gasteiger partial charge on any atom is 0.232 e. The van der Waals surface area contributed by atoms with Gasteiger partial charge in [0.1, 0.15) is 0 Å². The second-order valence-electron chi connectivity index (χ2n) is 6.04. The zero-order valence-corrected chi connectivity index (χ0v) is 11.7. The van der Waals surface area contributed by atoms with Gasteiger partial charge in [0.25, 0.3) is 0 Å². The fourth-order valence-electron chi connectivity index (χ4n) is 3.30. The van der Waals surface area contributed by atoms with E-state index in [4.69, 9.17) is 0 Å². The normalized spacial score (nSPS) is 29.8. The average molecular weight is 258 g/mol. The molecule has 1 saturated heterocycles. The largest absolute Gasteiger partial charge is 0.384 e. The van der Waals surface area contributed by atoms with Crippen LogP contribution in [0.5, 0.6) is 0 Å². The molecule has 2 aliphatic heterocycles. The minimum absolute atomic E-state index is 0.00366. The van der Waals surface area contributed by atoms with E-state index in [1.807, 2.05) is 12.1 Å². The first kappa shape index (κ1) is 12.5. The second-order valence-corrected chi connectivity index (χ2v) is 6.04. The van der Waals surface area contributed by atoms with Gasteiger partial charge in [0, 0.05) is 24.8 Å². The van der Waals surface area contributed by atoms with Gasteiger partial charge in [0.05, 0.1) is 5.92 Å². The van der Waals surface area contributed by atoms with E-state index < -0.39 is 0 Å². The third-order valence-electron chi connectivity index (χ3n) is 4.53. The summed E-state index contributed by atoms with van der Waals surface area (Å²) in [7, 11) is 0. The van der Waals surface area contributed by atoms with Gasteiger partial charge in [-0.2, -0.15) is 0 Å². The Bertz CT molecular complexity index is 485. The minimum Gasteiger partial charge on any atom is -0.384 e. The number of piperidine rings is 1. The maximum absolute atomic E-state index is 12.8. The minimum atomic E-state index is 0.00366. The molecule has 0 bridgehead atoms. The molecule has 1 aromatic rings. The van der Waals surface area contributed by atoms with Gasteiger partial charge in [-0.3, -0.25) is 4.79 Å². The van der Waals surface area contributed by atoms with Crippen molar-refractivity contribution in [2.24, 2.45) is 5.92 Å². The standard InChI is InChI=1S/C16H22N2O/c1-11-7-8-12(2)18(10-11)16(19)14-9-17-15-6-4-3-5-13(14)15/h3-6,11-12,14,17H,7-10H2,1-2H3. The van der Waals surface area contributed by atoms with Crippen molar-refractivity contribution in [3.8, 4) is 0 Å². The van der Waals surface area contributed by atoms with Crippen molar-refractivity contribution in [3.63, 3.8) is 0 Å². The predicted molar refractivity (Wildman–Crippen MR) is 77.2 cm³/mol. The molecule has 3 atom stereocenters. The third kappa shape index (κ3) is 2.22. The topological polar surface area (TPSA) is 32.3 Å². The molecule has 1 aromatic carbocycles. The van der Waals surface area contributed by atoms with Crippen molar-refractivity contribution < 1.29 is 4.79 Å². The molecule has 2 heterocycles. The van der Waals surface area contributed by atoms with Crippen LogP contribution in [0.15, 0.2) is 24.3 Å². The Balaban J connectivity index is 1.81. The van der Waals surface area contributed by atoms with E-state index in [1.165, 1.54) is 6.42 Å². The van der Waals surface area contributed by atoms with Gasteiger partial charge in [-0.1, -0.05) is 25.1 Å². The number of carbonyl (C=O) groups excluding carboxylic acids is 1. The van der Waals surface area contributed by atoms with Crippen LogP contribution in [0.3, 0.4) is 0 Å². The van der Waals surface area contributed by atoms with Crippen LogP contribution in [0.2, 0.25) is 0 Å². The van der Waals surface area contributed by atoms with Crippen molar-refractivity contribution >= 4 is 11.6 Å². The molecule has 3 rings (SSSR count). The second kappa shape index (κ2) is 4.87. The van der Waals surface area contributed by atoms with E-state index in [-0.39, 0.29) is 5.92 Å². The molecule has 0 saturated carbocycles. The highest BCUT2D eigenvalue weighted by Crippen LogP contribution is 2.34. The number of para-hydroxylation sites is 1. The van der Waals surface area contributed by atoms with E-state index in [9.17, 15) is 4.79 Å². The lowest BCUT2D eigenvalue weighted by molar-refractivity contribution is -0.136. The quantitative estimate of drug-likeness (QED) is 0.840. The summed E-state index contributed by atoms with van der Waals surface area (Å²) >= 11 is 0. The van der Waals surface area contributed by atoms with Crippen LogP contribution in [0.4, 0.5) is 5.69 Å². The number of nitrogens with zero attached hydrogens (tertiary/aromatic N) is 1. The molecule has 3 nitrogen and oxygen atoms in total. The smallest absolute Gasteiger partial charge is 0.232 e. The van der Waals surface area contributed by atoms with E-state index in [1.54, 1.807) is 0 Å². The van der Waals surface area contributed by atoms with Gasteiger partial charge in [-0.15, -0.1) is 0 Å². The Labute approximate surface area is 115 Å². The lowest BCUT2D eigenvalue weighted by atomic mass is 9.92. The maximum atomic E-state index is 12.8. The highest BCUT2D eigenvalue weighted by atomic mass is 16.2. The lowest BCUT2D eigenvalue weighted by Gasteiger charge is -2.38. The van der Waals surface area contributed by atoms with Crippen molar-refractivity contribution in [3.05, 3.63) is 29.8 Å². The summed E-state index contributed by atoms with van der Waals surface area (Å²) in [4.78, 5) is 14.9. The molecule has 1 fully saturated rings. The van der Waals surface area contributed by atoms with Crippen LogP contribution >= 0.6 is 0 Å². The molecule has 3 heteroatoms. The monoisotopic (exact) mass is 258 g/mol. The van der Waals surface area contributed by atoms with Crippen molar-refractivity contribution in [2.45, 2.75) is 38.6 Å². The third-order valence-corrected chi connectivity index (χ3v) is 4.53. The first-order valence-corrected chi connectivity index (χ1v) is 7.30. The number of hydrogen-bond donors (Lipinski definition) is 1.